The summed E-state index contributed by atoms with van der Waals surface area (Å²) in [6.45, 7) is 1.57. The van der Waals surface area contributed by atoms with Crippen LogP contribution >= 0.6 is 0 Å². The van der Waals surface area contributed by atoms with E-state index in [-0.39, 0.29) is 11.8 Å². The molecular weight excluding hydrogens is 356 g/mol. The fourth-order valence-electron chi connectivity index (χ4n) is 3.84. The number of nitriles is 1. The van der Waals surface area contributed by atoms with Gasteiger partial charge < -0.3 is 19.7 Å². The van der Waals surface area contributed by atoms with Crippen molar-refractivity contribution in [2.45, 2.75) is 31.2 Å². The number of fused-ring (bicyclic) bond motifs is 1. The second-order valence-electron chi connectivity index (χ2n) is 7.50. The van der Waals surface area contributed by atoms with Crippen LogP contribution in [-0.2, 0) is 4.79 Å². The average molecular weight is 380 g/mol. The monoisotopic (exact) mass is 380 g/mol. The van der Waals surface area contributed by atoms with E-state index in [1.54, 1.807) is 20.4 Å². The lowest BCUT2D eigenvalue weighted by Crippen LogP contribution is -2.44. The molecule has 1 aliphatic heterocycles. The standard InChI is InChI=1S/C21H24N4O3/c1-27-18-11-15-16(12-19(18)28-2)23-8-3-17(15)25-9-4-14(5-10-25)20(26)24-21(13-22)6-7-21/h3,8,11-12,14H,4-7,9-10H2,1-2H3,(H,24,26). The van der Waals surface area contributed by atoms with Gasteiger partial charge in [-0.3, -0.25) is 9.78 Å². The minimum absolute atomic E-state index is 0.0182. The Morgan fingerprint density at radius 3 is 2.54 bits per heavy atom. The molecule has 1 saturated carbocycles. The van der Waals surface area contributed by atoms with Crippen molar-refractivity contribution in [3.63, 3.8) is 0 Å². The third-order valence-electron chi connectivity index (χ3n) is 5.76. The number of hydrogen-bond donors (Lipinski definition) is 1. The molecule has 2 aliphatic rings. The lowest BCUT2D eigenvalue weighted by Gasteiger charge is -2.34. The number of hydrogen-bond acceptors (Lipinski definition) is 6. The highest BCUT2D eigenvalue weighted by molar-refractivity contribution is 5.94. The summed E-state index contributed by atoms with van der Waals surface area (Å²) in [6, 6.07) is 8.07. The molecule has 2 fully saturated rings. The van der Waals surface area contributed by atoms with Gasteiger partial charge in [0, 0.05) is 42.3 Å². The van der Waals surface area contributed by atoms with Gasteiger partial charge in [-0.05, 0) is 37.8 Å². The number of carbonyl (C=O) groups excluding carboxylic acids is 1. The van der Waals surface area contributed by atoms with Gasteiger partial charge in [-0.2, -0.15) is 5.26 Å². The Hall–Kier alpha value is -3.01. The molecule has 0 spiro atoms. The van der Waals surface area contributed by atoms with Crippen LogP contribution in [0.4, 0.5) is 5.69 Å². The molecular formula is C21H24N4O3. The number of ether oxygens (including phenoxy) is 2. The normalized spacial score (nSPS) is 18.4. The van der Waals surface area contributed by atoms with Crippen LogP contribution in [0.2, 0.25) is 0 Å². The van der Waals surface area contributed by atoms with E-state index < -0.39 is 5.54 Å². The first-order chi connectivity index (χ1) is 13.6. The molecule has 7 nitrogen and oxygen atoms in total. The number of nitrogens with one attached hydrogen (secondary N) is 1. The maximum atomic E-state index is 12.5. The molecule has 7 heteroatoms. The zero-order valence-electron chi connectivity index (χ0n) is 16.2. The van der Waals surface area contributed by atoms with Crippen LogP contribution in [0, 0.1) is 17.2 Å². The van der Waals surface area contributed by atoms with Crippen LogP contribution < -0.4 is 19.7 Å². The summed E-state index contributed by atoms with van der Waals surface area (Å²) in [5.74, 6) is 1.31. The lowest BCUT2D eigenvalue weighted by atomic mass is 9.94. The number of pyridine rings is 1. The molecule has 28 heavy (non-hydrogen) atoms. The highest BCUT2D eigenvalue weighted by Crippen LogP contribution is 2.38. The molecule has 1 amide bonds. The molecule has 0 bridgehead atoms. The van der Waals surface area contributed by atoms with Crippen molar-refractivity contribution in [1.82, 2.24) is 10.3 Å². The maximum Gasteiger partial charge on any atom is 0.224 e. The molecule has 0 radical (unpaired) electrons. The number of methoxy groups -OCH3 is 2. The first kappa shape index (κ1) is 18.4. The number of anilines is 1. The third kappa shape index (κ3) is 3.31. The second-order valence-corrected chi connectivity index (χ2v) is 7.50. The van der Waals surface area contributed by atoms with E-state index in [2.05, 4.69) is 21.3 Å². The predicted molar refractivity (Wildman–Crippen MR) is 106 cm³/mol. The van der Waals surface area contributed by atoms with Crippen molar-refractivity contribution < 1.29 is 14.3 Å². The fraction of sp³-hybridized carbons (Fsp3) is 0.476. The van der Waals surface area contributed by atoms with Crippen LogP contribution in [0.1, 0.15) is 25.7 Å². The van der Waals surface area contributed by atoms with E-state index in [4.69, 9.17) is 9.47 Å². The molecule has 0 atom stereocenters. The van der Waals surface area contributed by atoms with E-state index in [0.717, 1.165) is 55.4 Å². The summed E-state index contributed by atoms with van der Waals surface area (Å²) < 4.78 is 10.8. The van der Waals surface area contributed by atoms with Crippen molar-refractivity contribution in [1.29, 1.82) is 5.26 Å². The van der Waals surface area contributed by atoms with Gasteiger partial charge in [-0.1, -0.05) is 0 Å². The Bertz CT molecular complexity index is 941. The number of piperidine rings is 1. The van der Waals surface area contributed by atoms with Gasteiger partial charge in [-0.15, -0.1) is 0 Å². The van der Waals surface area contributed by atoms with Crippen LogP contribution in [0.3, 0.4) is 0 Å². The predicted octanol–water partition coefficient (Wildman–Crippen LogP) is 2.64. The zero-order valence-corrected chi connectivity index (χ0v) is 16.2. The van der Waals surface area contributed by atoms with E-state index in [0.29, 0.717) is 11.5 Å². The summed E-state index contributed by atoms with van der Waals surface area (Å²) in [7, 11) is 3.24. The molecule has 146 valence electrons. The highest BCUT2D eigenvalue weighted by atomic mass is 16.5. The van der Waals surface area contributed by atoms with Crippen molar-refractivity contribution in [2.75, 3.05) is 32.2 Å². The molecule has 2 heterocycles. The summed E-state index contributed by atoms with van der Waals surface area (Å²) >= 11 is 0. The van der Waals surface area contributed by atoms with Gasteiger partial charge in [0.2, 0.25) is 5.91 Å². The van der Waals surface area contributed by atoms with E-state index in [1.165, 1.54) is 0 Å². The largest absolute Gasteiger partial charge is 0.493 e. The molecule has 2 aromatic rings. The first-order valence-electron chi connectivity index (χ1n) is 9.58. The van der Waals surface area contributed by atoms with Crippen LogP contribution in [0.25, 0.3) is 10.9 Å². The van der Waals surface area contributed by atoms with Crippen LogP contribution in [0.15, 0.2) is 24.4 Å². The van der Waals surface area contributed by atoms with Gasteiger partial charge in [0.25, 0.3) is 0 Å². The molecule has 1 aromatic carbocycles. The summed E-state index contributed by atoms with van der Waals surface area (Å²) in [5.41, 5.74) is 1.34. The molecule has 1 aromatic heterocycles. The minimum atomic E-state index is -0.592. The van der Waals surface area contributed by atoms with Crippen molar-refractivity contribution in [2.24, 2.45) is 5.92 Å². The number of nitrogens with zero attached hydrogens (tertiary/aromatic N) is 3. The second kappa shape index (κ2) is 7.19. The SMILES string of the molecule is COc1cc2nccc(N3CCC(C(=O)NC4(C#N)CC4)CC3)c2cc1OC. The maximum absolute atomic E-state index is 12.5. The summed E-state index contributed by atoms with van der Waals surface area (Å²) in [5, 5.41) is 13.1. The highest BCUT2D eigenvalue weighted by Gasteiger charge is 2.45. The molecule has 0 unspecified atom stereocenters. The third-order valence-corrected chi connectivity index (χ3v) is 5.76. The molecule has 1 saturated heterocycles. The van der Waals surface area contributed by atoms with E-state index >= 15 is 0 Å². The van der Waals surface area contributed by atoms with Crippen molar-refractivity contribution >= 4 is 22.5 Å². The Balaban J connectivity index is 1.51. The Kier molecular flexibility index (Phi) is 4.71. The Labute approximate surface area is 164 Å². The van der Waals surface area contributed by atoms with E-state index in [1.807, 2.05) is 18.2 Å². The summed E-state index contributed by atoms with van der Waals surface area (Å²) in [4.78, 5) is 19.3. The van der Waals surface area contributed by atoms with Crippen molar-refractivity contribution in [3.05, 3.63) is 24.4 Å². The first-order valence-corrected chi connectivity index (χ1v) is 9.58. The summed E-state index contributed by atoms with van der Waals surface area (Å²) in [6.07, 6.45) is 4.87. The molecule has 1 N–H and O–H groups in total. The topological polar surface area (TPSA) is 87.5 Å². The van der Waals surface area contributed by atoms with Gasteiger partial charge in [-0.25, -0.2) is 0 Å². The van der Waals surface area contributed by atoms with Gasteiger partial charge in [0.05, 0.1) is 25.8 Å². The lowest BCUT2D eigenvalue weighted by molar-refractivity contribution is -0.126. The smallest absolute Gasteiger partial charge is 0.224 e. The van der Waals surface area contributed by atoms with E-state index in [9.17, 15) is 10.1 Å². The number of benzene rings is 1. The van der Waals surface area contributed by atoms with Gasteiger partial charge in [0.1, 0.15) is 5.54 Å². The quantitative estimate of drug-likeness (QED) is 0.858. The van der Waals surface area contributed by atoms with Gasteiger partial charge in [0.15, 0.2) is 11.5 Å². The van der Waals surface area contributed by atoms with Gasteiger partial charge >= 0.3 is 0 Å². The zero-order chi connectivity index (χ0) is 19.7. The van der Waals surface area contributed by atoms with Crippen LogP contribution in [0.5, 0.6) is 11.5 Å². The number of aromatic nitrogens is 1. The Morgan fingerprint density at radius 2 is 1.93 bits per heavy atom. The average Bonchev–Trinajstić information content (AvgIpc) is 3.52. The fourth-order valence-corrected chi connectivity index (χ4v) is 3.84. The number of carbonyl (C=O) groups is 1. The number of amides is 1. The van der Waals surface area contributed by atoms with Crippen LogP contribution in [-0.4, -0.2) is 43.7 Å². The molecule has 1 aliphatic carbocycles. The number of rotatable bonds is 5. The van der Waals surface area contributed by atoms with Crippen molar-refractivity contribution in [3.8, 4) is 17.6 Å². The molecule has 4 rings (SSSR count). The minimum Gasteiger partial charge on any atom is -0.493 e. The Morgan fingerprint density at radius 1 is 1.25 bits per heavy atom.